The first-order valence-electron chi connectivity index (χ1n) is 8.92. The van der Waals surface area contributed by atoms with Gasteiger partial charge in [-0.3, -0.25) is 4.79 Å². The highest BCUT2D eigenvalue weighted by molar-refractivity contribution is 7.90. The Balaban J connectivity index is 1.72. The number of carbonyl (C=O) groups excluding carboxylic acids is 1. The molecule has 0 aromatic rings. The molecule has 2 bridgehead atoms. The van der Waals surface area contributed by atoms with Gasteiger partial charge in [-0.15, -0.1) is 0 Å². The molecule has 1 spiro atoms. The number of amides is 1. The number of rotatable bonds is 1. The highest BCUT2D eigenvalue weighted by Crippen LogP contribution is 2.70. The summed E-state index contributed by atoms with van der Waals surface area (Å²) >= 11 is 0. The van der Waals surface area contributed by atoms with Crippen molar-refractivity contribution in [3.8, 4) is 0 Å². The summed E-state index contributed by atoms with van der Waals surface area (Å²) in [6, 6.07) is -0.0909. The fourth-order valence-corrected chi connectivity index (χ4v) is 8.62. The number of nitrogens with zero attached hydrogens (tertiary/aromatic N) is 1. The Morgan fingerprint density at radius 2 is 1.91 bits per heavy atom. The molecule has 4 nitrogen and oxygen atoms in total. The van der Waals surface area contributed by atoms with Crippen LogP contribution in [-0.2, 0) is 14.8 Å². The van der Waals surface area contributed by atoms with Crippen molar-refractivity contribution in [2.24, 2.45) is 28.6 Å². The minimum absolute atomic E-state index is 0.0256. The van der Waals surface area contributed by atoms with Gasteiger partial charge >= 0.3 is 0 Å². The van der Waals surface area contributed by atoms with E-state index in [0.29, 0.717) is 12.3 Å². The normalized spacial score (nSPS) is 46.1. The Morgan fingerprint density at radius 3 is 2.57 bits per heavy atom. The van der Waals surface area contributed by atoms with Crippen LogP contribution in [0, 0.1) is 28.6 Å². The third kappa shape index (κ3) is 1.83. The van der Waals surface area contributed by atoms with Crippen molar-refractivity contribution in [2.45, 2.75) is 58.9 Å². The molecule has 1 amide bonds. The summed E-state index contributed by atoms with van der Waals surface area (Å²) in [6.07, 6.45) is 8.63. The van der Waals surface area contributed by atoms with Crippen molar-refractivity contribution < 1.29 is 13.2 Å². The average molecular weight is 337 g/mol. The molecule has 1 heterocycles. The zero-order chi connectivity index (χ0) is 16.6. The zero-order valence-corrected chi connectivity index (χ0v) is 15.1. The number of hydrogen-bond donors (Lipinski definition) is 0. The van der Waals surface area contributed by atoms with Crippen LogP contribution in [0.25, 0.3) is 0 Å². The number of allylic oxidation sites excluding steroid dienone is 2. The van der Waals surface area contributed by atoms with Crippen LogP contribution in [0.3, 0.4) is 0 Å². The molecule has 1 aliphatic heterocycles. The second-order valence-corrected chi connectivity index (χ2v) is 10.6. The number of fused-ring (bicyclic) bond motifs is 1. The second-order valence-electron chi connectivity index (χ2n) is 8.78. The van der Waals surface area contributed by atoms with E-state index in [4.69, 9.17) is 0 Å². The van der Waals surface area contributed by atoms with Crippen LogP contribution in [0.5, 0.6) is 0 Å². The minimum Gasteiger partial charge on any atom is -0.273 e. The van der Waals surface area contributed by atoms with E-state index in [1.165, 1.54) is 4.31 Å². The van der Waals surface area contributed by atoms with Crippen LogP contribution >= 0.6 is 0 Å². The van der Waals surface area contributed by atoms with E-state index in [1.807, 2.05) is 6.08 Å². The van der Waals surface area contributed by atoms with Crippen molar-refractivity contribution in [3.63, 3.8) is 0 Å². The lowest BCUT2D eigenvalue weighted by Gasteiger charge is -2.38. The van der Waals surface area contributed by atoms with Gasteiger partial charge in [0.1, 0.15) is 0 Å². The molecule has 4 aliphatic rings. The summed E-state index contributed by atoms with van der Waals surface area (Å²) in [5.74, 6) is 0.656. The summed E-state index contributed by atoms with van der Waals surface area (Å²) in [5, 5.41) is 0. The van der Waals surface area contributed by atoms with Crippen LogP contribution in [0.2, 0.25) is 0 Å². The first-order valence-corrected chi connectivity index (χ1v) is 10.5. The summed E-state index contributed by atoms with van der Waals surface area (Å²) in [7, 11) is -3.47. The van der Waals surface area contributed by atoms with E-state index in [-0.39, 0.29) is 40.4 Å². The van der Waals surface area contributed by atoms with Crippen LogP contribution < -0.4 is 0 Å². The summed E-state index contributed by atoms with van der Waals surface area (Å²) in [5.41, 5.74) is -0.183. The van der Waals surface area contributed by atoms with Gasteiger partial charge < -0.3 is 0 Å². The lowest BCUT2D eigenvalue weighted by Crippen LogP contribution is -2.47. The first kappa shape index (κ1) is 15.7. The Bertz CT molecular complexity index is 680. The molecule has 0 aromatic heterocycles. The van der Waals surface area contributed by atoms with Gasteiger partial charge in [-0.1, -0.05) is 32.9 Å². The van der Waals surface area contributed by atoms with E-state index in [0.717, 1.165) is 25.7 Å². The van der Waals surface area contributed by atoms with Gasteiger partial charge in [0, 0.05) is 11.3 Å². The standard InChI is InChI=1S/C18H27NO3S/c1-12-6-4-5-7-14(12)16(20)19-15-10-13-8-9-18(15,17(13,2)3)11-23(19,21)22/h4-5,12-15H,6-11H2,1-3H3/t12-,13?,14-,15-,18-/m1/s1. The molecule has 4 rings (SSSR count). The molecular weight excluding hydrogens is 310 g/mol. The number of sulfonamides is 1. The highest BCUT2D eigenvalue weighted by Gasteiger charge is 2.72. The summed E-state index contributed by atoms with van der Waals surface area (Å²) in [4.78, 5) is 13.2. The zero-order valence-electron chi connectivity index (χ0n) is 14.3. The fraction of sp³-hybridized carbons (Fsp3) is 0.833. The van der Waals surface area contributed by atoms with Gasteiger partial charge in [0.25, 0.3) is 0 Å². The highest BCUT2D eigenvalue weighted by atomic mass is 32.2. The van der Waals surface area contributed by atoms with Crippen molar-refractivity contribution >= 4 is 15.9 Å². The monoisotopic (exact) mass is 337 g/mol. The van der Waals surface area contributed by atoms with Crippen molar-refractivity contribution in [1.82, 2.24) is 4.31 Å². The predicted molar refractivity (Wildman–Crippen MR) is 89.0 cm³/mol. The van der Waals surface area contributed by atoms with E-state index in [1.54, 1.807) is 0 Å². The summed E-state index contributed by atoms with van der Waals surface area (Å²) < 4.78 is 27.2. The Labute approximate surface area is 139 Å². The topological polar surface area (TPSA) is 54.5 Å². The van der Waals surface area contributed by atoms with Crippen LogP contribution in [0.1, 0.15) is 52.9 Å². The number of hydrogen-bond acceptors (Lipinski definition) is 3. The van der Waals surface area contributed by atoms with Gasteiger partial charge in [-0.2, -0.15) is 0 Å². The molecule has 5 heteroatoms. The van der Waals surface area contributed by atoms with Crippen molar-refractivity contribution in [2.75, 3.05) is 5.75 Å². The smallest absolute Gasteiger partial charge is 0.240 e. The van der Waals surface area contributed by atoms with Crippen LogP contribution in [0.15, 0.2) is 12.2 Å². The van der Waals surface area contributed by atoms with Gasteiger partial charge in [-0.25, -0.2) is 12.7 Å². The minimum atomic E-state index is -3.47. The predicted octanol–water partition coefficient (Wildman–Crippen LogP) is 2.96. The maximum Gasteiger partial charge on any atom is 0.240 e. The van der Waals surface area contributed by atoms with E-state index >= 15 is 0 Å². The van der Waals surface area contributed by atoms with Crippen molar-refractivity contribution in [3.05, 3.63) is 12.2 Å². The molecule has 0 aromatic carbocycles. The quantitative estimate of drug-likeness (QED) is 0.691. The molecule has 0 N–H and O–H groups in total. The fourth-order valence-electron chi connectivity index (χ4n) is 6.04. The van der Waals surface area contributed by atoms with Gasteiger partial charge in [0.05, 0.1) is 11.8 Å². The maximum absolute atomic E-state index is 13.2. The van der Waals surface area contributed by atoms with E-state index < -0.39 is 10.0 Å². The molecule has 2 saturated carbocycles. The van der Waals surface area contributed by atoms with Crippen molar-refractivity contribution in [1.29, 1.82) is 0 Å². The average Bonchev–Trinajstić information content (AvgIpc) is 2.94. The van der Waals surface area contributed by atoms with Crippen LogP contribution in [-0.4, -0.2) is 30.4 Å². The summed E-state index contributed by atoms with van der Waals surface area (Å²) in [6.45, 7) is 6.51. The molecule has 3 fully saturated rings. The molecule has 5 atom stereocenters. The maximum atomic E-state index is 13.2. The number of carbonyl (C=O) groups is 1. The molecule has 128 valence electrons. The van der Waals surface area contributed by atoms with Gasteiger partial charge in [0.2, 0.25) is 15.9 Å². The SMILES string of the molecule is C[C@@H]1CC=CC[C@H]1C(=O)N1[C@@H]2CC3CC[C@]2(CS1(=O)=O)C3(C)C. The molecular formula is C18H27NO3S. The van der Waals surface area contributed by atoms with E-state index in [9.17, 15) is 13.2 Å². The van der Waals surface area contributed by atoms with E-state index in [2.05, 4.69) is 26.8 Å². The van der Waals surface area contributed by atoms with Gasteiger partial charge in [-0.05, 0) is 49.4 Å². The Hall–Kier alpha value is -0.840. The Kier molecular flexibility index (Phi) is 3.15. The molecule has 0 radical (unpaired) electrons. The van der Waals surface area contributed by atoms with Crippen LogP contribution in [0.4, 0.5) is 0 Å². The largest absolute Gasteiger partial charge is 0.273 e. The third-order valence-corrected chi connectivity index (χ3v) is 9.61. The molecule has 3 aliphatic carbocycles. The third-order valence-electron chi connectivity index (χ3n) is 7.70. The first-order chi connectivity index (χ1) is 10.7. The molecule has 23 heavy (non-hydrogen) atoms. The molecule has 1 unspecified atom stereocenters. The second kappa shape index (κ2) is 4.62. The lowest BCUT2D eigenvalue weighted by atomic mass is 9.69. The Morgan fingerprint density at radius 1 is 1.22 bits per heavy atom. The molecule has 1 saturated heterocycles. The van der Waals surface area contributed by atoms with Gasteiger partial charge in [0.15, 0.2) is 0 Å². The lowest BCUT2D eigenvalue weighted by molar-refractivity contribution is -0.134.